The average molecular weight is 226 g/mol. The van der Waals surface area contributed by atoms with Crippen LogP contribution in [0.4, 0.5) is 4.39 Å². The molecule has 1 atom stereocenters. The third-order valence-corrected chi connectivity index (χ3v) is 2.64. The van der Waals surface area contributed by atoms with Gasteiger partial charge in [-0.1, -0.05) is 13.8 Å². The molecule has 1 aromatic rings. The molecular formula is C13H19FO2. The predicted molar refractivity (Wildman–Crippen MR) is 62.0 cm³/mol. The van der Waals surface area contributed by atoms with Gasteiger partial charge in [-0.2, -0.15) is 0 Å². The zero-order chi connectivity index (χ0) is 12.1. The lowest BCUT2D eigenvalue weighted by atomic mass is 10.1. The Morgan fingerprint density at radius 1 is 1.31 bits per heavy atom. The van der Waals surface area contributed by atoms with Crippen molar-refractivity contribution in [2.75, 3.05) is 0 Å². The summed E-state index contributed by atoms with van der Waals surface area (Å²) in [5.41, 5.74) is 0.303. The van der Waals surface area contributed by atoms with Crippen LogP contribution in [0.15, 0.2) is 18.2 Å². The molecular weight excluding hydrogens is 207 g/mol. The molecule has 0 saturated carbocycles. The molecule has 0 amide bonds. The highest BCUT2D eigenvalue weighted by atomic mass is 19.1. The Kier molecular flexibility index (Phi) is 4.74. The lowest BCUT2D eigenvalue weighted by Crippen LogP contribution is -2.13. The van der Waals surface area contributed by atoms with Crippen LogP contribution in [0.3, 0.4) is 0 Å². The molecule has 0 unspecified atom stereocenters. The number of hydrogen-bond donors (Lipinski definition) is 1. The summed E-state index contributed by atoms with van der Waals surface area (Å²) in [6.45, 7) is 5.61. The fourth-order valence-corrected chi connectivity index (χ4v) is 1.57. The second-order valence-electron chi connectivity index (χ2n) is 3.92. The fourth-order valence-electron chi connectivity index (χ4n) is 1.57. The number of rotatable bonds is 5. The Bertz CT molecular complexity index is 333. The molecule has 0 bridgehead atoms. The molecule has 0 radical (unpaired) electrons. The molecule has 0 heterocycles. The molecule has 1 N–H and O–H groups in total. The molecule has 0 aromatic heterocycles. The second-order valence-corrected chi connectivity index (χ2v) is 3.92. The van der Waals surface area contributed by atoms with Crippen LogP contribution >= 0.6 is 0 Å². The summed E-state index contributed by atoms with van der Waals surface area (Å²) in [5.74, 6) is 0.106. The van der Waals surface area contributed by atoms with Crippen LogP contribution in [0.5, 0.6) is 5.75 Å². The Balaban J connectivity index is 2.80. The number of hydrogen-bond acceptors (Lipinski definition) is 2. The highest BCUT2D eigenvalue weighted by Gasteiger charge is 2.11. The highest BCUT2D eigenvalue weighted by molar-refractivity contribution is 5.30. The minimum absolute atomic E-state index is 0.122. The van der Waals surface area contributed by atoms with Crippen LogP contribution in [0.1, 0.15) is 45.3 Å². The molecule has 3 heteroatoms. The zero-order valence-electron chi connectivity index (χ0n) is 10.0. The largest absolute Gasteiger partial charge is 0.490 e. The van der Waals surface area contributed by atoms with Gasteiger partial charge < -0.3 is 9.84 Å². The predicted octanol–water partition coefficient (Wildman–Crippen LogP) is 3.45. The van der Waals surface area contributed by atoms with Crippen molar-refractivity contribution < 1.29 is 14.2 Å². The topological polar surface area (TPSA) is 29.5 Å². The van der Waals surface area contributed by atoms with E-state index < -0.39 is 11.9 Å². The van der Waals surface area contributed by atoms with Gasteiger partial charge in [0.25, 0.3) is 0 Å². The molecule has 1 aromatic carbocycles. The number of halogens is 1. The Morgan fingerprint density at radius 2 is 1.94 bits per heavy atom. The van der Waals surface area contributed by atoms with Gasteiger partial charge in [-0.05, 0) is 31.9 Å². The summed E-state index contributed by atoms with van der Waals surface area (Å²) in [7, 11) is 0. The first-order valence-corrected chi connectivity index (χ1v) is 5.72. The van der Waals surface area contributed by atoms with E-state index in [0.717, 1.165) is 12.8 Å². The maximum Gasteiger partial charge on any atom is 0.132 e. The van der Waals surface area contributed by atoms with Gasteiger partial charge in [0.15, 0.2) is 0 Å². The van der Waals surface area contributed by atoms with E-state index in [4.69, 9.17) is 4.74 Å². The van der Waals surface area contributed by atoms with Gasteiger partial charge in [-0.3, -0.25) is 0 Å². The summed E-state index contributed by atoms with van der Waals surface area (Å²) in [6, 6.07) is 4.60. The van der Waals surface area contributed by atoms with E-state index in [1.807, 2.05) is 13.8 Å². The Morgan fingerprint density at radius 3 is 2.38 bits per heavy atom. The van der Waals surface area contributed by atoms with Gasteiger partial charge in [-0.15, -0.1) is 0 Å². The maximum absolute atomic E-state index is 13.5. The van der Waals surface area contributed by atoms with Crippen LogP contribution in [0.25, 0.3) is 0 Å². The van der Waals surface area contributed by atoms with E-state index in [1.165, 1.54) is 6.07 Å². The summed E-state index contributed by atoms with van der Waals surface area (Å²) < 4.78 is 19.1. The third kappa shape index (κ3) is 3.20. The number of aliphatic hydroxyl groups is 1. The molecule has 0 fully saturated rings. The first-order chi connectivity index (χ1) is 7.58. The SMILES string of the molecule is CCC(CC)Oc1ccc([C@@H](C)O)c(F)c1. The van der Waals surface area contributed by atoms with Crippen molar-refractivity contribution in [3.8, 4) is 5.75 Å². The van der Waals surface area contributed by atoms with Crippen LogP contribution in [0, 0.1) is 5.82 Å². The lowest BCUT2D eigenvalue weighted by Gasteiger charge is -2.16. The summed E-state index contributed by atoms with van der Waals surface area (Å²) in [4.78, 5) is 0. The molecule has 2 nitrogen and oxygen atoms in total. The molecule has 0 spiro atoms. The van der Waals surface area contributed by atoms with Gasteiger partial charge in [0.05, 0.1) is 12.2 Å². The first-order valence-electron chi connectivity index (χ1n) is 5.72. The maximum atomic E-state index is 13.5. The normalized spacial score (nSPS) is 12.9. The molecule has 0 aliphatic carbocycles. The summed E-state index contributed by atoms with van der Waals surface area (Å²) >= 11 is 0. The first kappa shape index (κ1) is 13.0. The van der Waals surface area contributed by atoms with E-state index >= 15 is 0 Å². The molecule has 90 valence electrons. The van der Waals surface area contributed by atoms with Crippen molar-refractivity contribution in [3.63, 3.8) is 0 Å². The summed E-state index contributed by atoms with van der Waals surface area (Å²) in [6.07, 6.45) is 1.13. The van der Waals surface area contributed by atoms with E-state index in [2.05, 4.69) is 0 Å². The van der Waals surface area contributed by atoms with Crippen molar-refractivity contribution in [1.29, 1.82) is 0 Å². The minimum atomic E-state index is -0.790. The van der Waals surface area contributed by atoms with Crippen molar-refractivity contribution in [2.45, 2.75) is 45.8 Å². The lowest BCUT2D eigenvalue weighted by molar-refractivity contribution is 0.187. The minimum Gasteiger partial charge on any atom is -0.490 e. The third-order valence-electron chi connectivity index (χ3n) is 2.64. The fraction of sp³-hybridized carbons (Fsp3) is 0.538. The van der Waals surface area contributed by atoms with Gasteiger partial charge >= 0.3 is 0 Å². The van der Waals surface area contributed by atoms with Crippen LogP contribution in [0.2, 0.25) is 0 Å². The smallest absolute Gasteiger partial charge is 0.132 e. The zero-order valence-corrected chi connectivity index (χ0v) is 10.0. The molecule has 0 aliphatic heterocycles. The Labute approximate surface area is 96.1 Å². The standard InChI is InChI=1S/C13H19FO2/c1-4-10(5-2)16-11-6-7-12(9(3)15)13(14)8-11/h6-10,15H,4-5H2,1-3H3/t9-/m1/s1. The van der Waals surface area contributed by atoms with Crippen LogP contribution in [-0.4, -0.2) is 11.2 Å². The molecule has 0 saturated heterocycles. The average Bonchev–Trinajstić information content (AvgIpc) is 2.25. The monoisotopic (exact) mass is 226 g/mol. The molecule has 16 heavy (non-hydrogen) atoms. The second kappa shape index (κ2) is 5.85. The quantitative estimate of drug-likeness (QED) is 0.833. The summed E-state index contributed by atoms with van der Waals surface area (Å²) in [5, 5.41) is 9.29. The van der Waals surface area contributed by atoms with E-state index in [9.17, 15) is 9.50 Å². The number of benzene rings is 1. The Hall–Kier alpha value is -1.09. The van der Waals surface area contributed by atoms with Crippen molar-refractivity contribution in [3.05, 3.63) is 29.6 Å². The van der Waals surface area contributed by atoms with Crippen molar-refractivity contribution in [2.24, 2.45) is 0 Å². The van der Waals surface area contributed by atoms with Crippen LogP contribution < -0.4 is 4.74 Å². The number of ether oxygens (including phenoxy) is 1. The van der Waals surface area contributed by atoms with E-state index in [-0.39, 0.29) is 6.10 Å². The van der Waals surface area contributed by atoms with Crippen molar-refractivity contribution in [1.82, 2.24) is 0 Å². The number of aliphatic hydroxyl groups excluding tert-OH is 1. The van der Waals surface area contributed by atoms with Gasteiger partial charge in [0.2, 0.25) is 0 Å². The van der Waals surface area contributed by atoms with E-state index in [1.54, 1.807) is 19.1 Å². The van der Waals surface area contributed by atoms with Gasteiger partial charge in [0, 0.05) is 11.6 Å². The molecule has 1 rings (SSSR count). The van der Waals surface area contributed by atoms with Crippen LogP contribution in [-0.2, 0) is 0 Å². The van der Waals surface area contributed by atoms with Gasteiger partial charge in [-0.25, -0.2) is 4.39 Å². The van der Waals surface area contributed by atoms with Gasteiger partial charge in [0.1, 0.15) is 11.6 Å². The van der Waals surface area contributed by atoms with E-state index in [0.29, 0.717) is 11.3 Å². The molecule has 0 aliphatic rings. The highest BCUT2D eigenvalue weighted by Crippen LogP contribution is 2.23. The van der Waals surface area contributed by atoms with Crippen molar-refractivity contribution >= 4 is 0 Å².